The number of rotatable bonds is 7. The number of pyridine rings is 1. The first-order chi connectivity index (χ1) is 10.9. The third-order valence-electron chi connectivity index (χ3n) is 2.86. The van der Waals surface area contributed by atoms with Crippen LogP contribution in [0.4, 0.5) is 13.2 Å². The van der Waals surface area contributed by atoms with E-state index in [-0.39, 0.29) is 11.7 Å². The first kappa shape index (κ1) is 17.3. The van der Waals surface area contributed by atoms with E-state index in [2.05, 4.69) is 15.4 Å². The molecule has 0 fully saturated rings. The van der Waals surface area contributed by atoms with Gasteiger partial charge in [-0.15, -0.1) is 0 Å². The van der Waals surface area contributed by atoms with Crippen molar-refractivity contribution in [2.24, 2.45) is 0 Å². The molecule has 0 aliphatic carbocycles. The number of nitrogens with zero attached hydrogens (tertiary/aromatic N) is 3. The maximum absolute atomic E-state index is 12.4. The van der Waals surface area contributed by atoms with Crippen molar-refractivity contribution in [3.05, 3.63) is 42.4 Å². The summed E-state index contributed by atoms with van der Waals surface area (Å²) in [6.07, 6.45) is 0.642. The maximum Gasteiger partial charge on any atom is 0.417 e. The van der Waals surface area contributed by atoms with E-state index in [1.807, 2.05) is 12.3 Å². The summed E-state index contributed by atoms with van der Waals surface area (Å²) in [4.78, 5) is 15.3. The van der Waals surface area contributed by atoms with Gasteiger partial charge in [-0.2, -0.15) is 18.3 Å². The molecule has 2 rings (SSSR count). The Morgan fingerprint density at radius 3 is 2.78 bits per heavy atom. The molecule has 1 amide bonds. The SMILES string of the molecule is O=C(CSc1ccc(C(F)(F)F)cn1)NCCCn1cccn1. The van der Waals surface area contributed by atoms with Crippen LogP contribution in [0.25, 0.3) is 0 Å². The van der Waals surface area contributed by atoms with E-state index in [4.69, 9.17) is 0 Å². The molecule has 2 aromatic heterocycles. The standard InChI is InChI=1S/C14H15F3N4OS/c15-14(16,17)11-3-4-13(19-9-11)23-10-12(22)18-5-1-7-21-8-2-6-20-21/h2-4,6,8-9H,1,5,7,10H2,(H,18,22). The lowest BCUT2D eigenvalue weighted by Crippen LogP contribution is -2.26. The highest BCUT2D eigenvalue weighted by molar-refractivity contribution is 7.99. The highest BCUT2D eigenvalue weighted by atomic mass is 32.2. The normalized spacial score (nSPS) is 11.4. The van der Waals surface area contributed by atoms with Crippen LogP contribution in [0.15, 0.2) is 41.8 Å². The van der Waals surface area contributed by atoms with Gasteiger partial charge in [-0.25, -0.2) is 4.98 Å². The zero-order valence-electron chi connectivity index (χ0n) is 12.1. The van der Waals surface area contributed by atoms with Gasteiger partial charge in [0.1, 0.15) is 0 Å². The Morgan fingerprint density at radius 2 is 2.17 bits per heavy atom. The summed E-state index contributed by atoms with van der Waals surface area (Å²) in [6, 6.07) is 4.04. The third kappa shape index (κ3) is 5.93. The van der Waals surface area contributed by atoms with Gasteiger partial charge < -0.3 is 5.32 Å². The van der Waals surface area contributed by atoms with Gasteiger partial charge in [-0.3, -0.25) is 9.48 Å². The van der Waals surface area contributed by atoms with Crippen molar-refractivity contribution >= 4 is 17.7 Å². The summed E-state index contributed by atoms with van der Waals surface area (Å²) in [6.45, 7) is 1.22. The summed E-state index contributed by atoms with van der Waals surface area (Å²) >= 11 is 1.10. The highest BCUT2D eigenvalue weighted by Crippen LogP contribution is 2.29. The number of hydrogen-bond acceptors (Lipinski definition) is 4. The molecular weight excluding hydrogens is 329 g/mol. The lowest BCUT2D eigenvalue weighted by atomic mass is 10.3. The Bertz CT molecular complexity index is 614. The summed E-state index contributed by atoms with van der Waals surface area (Å²) in [7, 11) is 0. The molecule has 0 bridgehead atoms. The second-order valence-corrected chi connectivity index (χ2v) is 5.64. The molecule has 0 aromatic carbocycles. The largest absolute Gasteiger partial charge is 0.417 e. The second kappa shape index (κ2) is 8.00. The van der Waals surface area contributed by atoms with Gasteiger partial charge in [0.2, 0.25) is 5.91 Å². The topological polar surface area (TPSA) is 59.8 Å². The van der Waals surface area contributed by atoms with Crippen LogP contribution in [0.2, 0.25) is 0 Å². The minimum Gasteiger partial charge on any atom is -0.355 e. The van der Waals surface area contributed by atoms with E-state index in [1.54, 1.807) is 10.9 Å². The van der Waals surface area contributed by atoms with Crippen molar-refractivity contribution in [1.29, 1.82) is 0 Å². The van der Waals surface area contributed by atoms with Gasteiger partial charge in [0.05, 0.1) is 16.3 Å². The molecule has 0 saturated carbocycles. The molecule has 2 aromatic rings. The molecule has 0 aliphatic heterocycles. The molecule has 0 radical (unpaired) electrons. The summed E-state index contributed by atoms with van der Waals surface area (Å²) in [5.74, 6) is -0.0719. The molecule has 1 N–H and O–H groups in total. The molecule has 0 unspecified atom stereocenters. The van der Waals surface area contributed by atoms with E-state index in [9.17, 15) is 18.0 Å². The van der Waals surface area contributed by atoms with Gasteiger partial charge in [0, 0.05) is 31.7 Å². The fourth-order valence-electron chi connectivity index (χ4n) is 1.73. The Morgan fingerprint density at radius 1 is 1.35 bits per heavy atom. The molecule has 0 saturated heterocycles. The molecule has 124 valence electrons. The average molecular weight is 344 g/mol. The van der Waals surface area contributed by atoms with Crippen molar-refractivity contribution < 1.29 is 18.0 Å². The van der Waals surface area contributed by atoms with Crippen molar-refractivity contribution in [2.45, 2.75) is 24.2 Å². The lowest BCUT2D eigenvalue weighted by molar-refractivity contribution is -0.137. The summed E-state index contributed by atoms with van der Waals surface area (Å²) in [5, 5.41) is 7.17. The lowest BCUT2D eigenvalue weighted by Gasteiger charge is -2.07. The number of alkyl halides is 3. The number of aromatic nitrogens is 3. The summed E-state index contributed by atoms with van der Waals surface area (Å²) < 4.78 is 38.9. The number of halogens is 3. The van der Waals surface area contributed by atoms with Crippen LogP contribution < -0.4 is 5.32 Å². The van der Waals surface area contributed by atoms with Crippen LogP contribution >= 0.6 is 11.8 Å². The molecule has 0 spiro atoms. The van der Waals surface area contributed by atoms with Crippen LogP contribution in [0.5, 0.6) is 0 Å². The summed E-state index contributed by atoms with van der Waals surface area (Å²) in [5.41, 5.74) is -0.801. The number of carbonyl (C=O) groups excluding carboxylic acids is 1. The van der Waals surface area contributed by atoms with Crippen LogP contribution in [-0.2, 0) is 17.5 Å². The van der Waals surface area contributed by atoms with E-state index in [0.29, 0.717) is 18.1 Å². The van der Waals surface area contributed by atoms with Gasteiger partial charge in [-0.1, -0.05) is 11.8 Å². The van der Waals surface area contributed by atoms with E-state index < -0.39 is 11.7 Å². The monoisotopic (exact) mass is 344 g/mol. The Kier molecular flexibility index (Phi) is 6.03. The maximum atomic E-state index is 12.4. The first-order valence-electron chi connectivity index (χ1n) is 6.85. The minimum atomic E-state index is -4.40. The van der Waals surface area contributed by atoms with Gasteiger partial charge in [0.25, 0.3) is 0 Å². The number of nitrogens with one attached hydrogen (secondary N) is 1. The fourth-order valence-corrected chi connectivity index (χ4v) is 2.40. The van der Waals surface area contributed by atoms with E-state index in [1.165, 1.54) is 6.07 Å². The Labute approximate surface area is 135 Å². The number of amides is 1. The Hall–Kier alpha value is -2.03. The quantitative estimate of drug-likeness (QED) is 0.620. The molecule has 5 nitrogen and oxygen atoms in total. The Balaban J connectivity index is 1.66. The van der Waals surface area contributed by atoms with Crippen molar-refractivity contribution in [3.63, 3.8) is 0 Å². The molecule has 2 heterocycles. The van der Waals surface area contributed by atoms with Gasteiger partial charge in [-0.05, 0) is 24.6 Å². The first-order valence-corrected chi connectivity index (χ1v) is 7.84. The molecule has 23 heavy (non-hydrogen) atoms. The number of thioether (sulfide) groups is 1. The van der Waals surface area contributed by atoms with Crippen molar-refractivity contribution in [1.82, 2.24) is 20.1 Å². The van der Waals surface area contributed by atoms with Gasteiger partial charge in [0.15, 0.2) is 0 Å². The van der Waals surface area contributed by atoms with Gasteiger partial charge >= 0.3 is 6.18 Å². The third-order valence-corrected chi connectivity index (χ3v) is 3.80. The average Bonchev–Trinajstić information content (AvgIpc) is 3.02. The molecule has 0 aliphatic rings. The van der Waals surface area contributed by atoms with Crippen molar-refractivity contribution in [2.75, 3.05) is 12.3 Å². The molecular formula is C14H15F3N4OS. The zero-order chi connectivity index (χ0) is 16.7. The highest BCUT2D eigenvalue weighted by Gasteiger charge is 2.30. The van der Waals surface area contributed by atoms with E-state index >= 15 is 0 Å². The van der Waals surface area contributed by atoms with Crippen LogP contribution in [0.3, 0.4) is 0 Å². The predicted molar refractivity (Wildman–Crippen MR) is 79.8 cm³/mol. The second-order valence-electron chi connectivity index (χ2n) is 4.64. The van der Waals surface area contributed by atoms with Crippen LogP contribution in [0.1, 0.15) is 12.0 Å². The number of aryl methyl sites for hydroxylation is 1. The number of hydrogen-bond donors (Lipinski definition) is 1. The van der Waals surface area contributed by atoms with Crippen LogP contribution in [-0.4, -0.2) is 33.0 Å². The van der Waals surface area contributed by atoms with Crippen LogP contribution in [0, 0.1) is 0 Å². The molecule has 9 heteroatoms. The minimum absolute atomic E-state index is 0.111. The van der Waals surface area contributed by atoms with Crippen molar-refractivity contribution in [3.8, 4) is 0 Å². The smallest absolute Gasteiger partial charge is 0.355 e. The zero-order valence-corrected chi connectivity index (χ0v) is 12.9. The number of carbonyl (C=O) groups is 1. The molecule has 0 atom stereocenters. The van der Waals surface area contributed by atoms with E-state index in [0.717, 1.165) is 30.4 Å². The predicted octanol–water partition coefficient (Wildman–Crippen LogP) is 2.60. The fraction of sp³-hybridized carbons (Fsp3) is 0.357.